The van der Waals surface area contributed by atoms with Gasteiger partial charge in [0.25, 0.3) is 0 Å². The molecule has 0 N–H and O–H groups in total. The van der Waals surface area contributed by atoms with Gasteiger partial charge in [-0.1, -0.05) is 97.1 Å². The van der Waals surface area contributed by atoms with Crippen LogP contribution in [0.2, 0.25) is 0 Å². The minimum absolute atomic E-state index is 0.747. The molecule has 13 aromatic rings. The maximum absolute atomic E-state index is 5.18. The summed E-state index contributed by atoms with van der Waals surface area (Å²) in [6, 6.07) is 62.0. The second-order valence-electron chi connectivity index (χ2n) is 14.6. The normalized spacial score (nSPS) is 12.2. The van der Waals surface area contributed by atoms with Gasteiger partial charge in [0.15, 0.2) is 5.82 Å². The number of thiophene rings is 2. The zero-order chi connectivity index (χ0) is 37.2. The van der Waals surface area contributed by atoms with Gasteiger partial charge in [-0.05, 0) is 84.3 Å². The van der Waals surface area contributed by atoms with Crippen LogP contribution in [0.1, 0.15) is 0 Å². The third-order valence-corrected chi connectivity index (χ3v) is 14.5. The van der Waals surface area contributed by atoms with Crippen LogP contribution < -0.4 is 0 Å². The van der Waals surface area contributed by atoms with Gasteiger partial charge in [-0.3, -0.25) is 0 Å². The Bertz CT molecular complexity index is 3780. The highest BCUT2D eigenvalue weighted by atomic mass is 32.1. The standard InChI is InChI=1S/C50H28N4S3/c1-5-13-41-33(9-1)35-21-17-30(26-44(35)54(41)32-20-23-39-37-12-4-8-16-46(37)56-48(39)28-32)50-51-49(52-57-50)29-18-24-43-40(25-29)34-10-2-6-14-42(34)53(43)31-19-22-38-36-11-3-7-15-45(36)55-47(38)27-31/h1-28H. The van der Waals surface area contributed by atoms with Gasteiger partial charge < -0.3 is 9.13 Å². The Morgan fingerprint density at radius 2 is 0.842 bits per heavy atom. The van der Waals surface area contributed by atoms with E-state index in [0.717, 1.165) is 33.2 Å². The number of aromatic nitrogens is 4. The monoisotopic (exact) mass is 780 g/mol. The summed E-state index contributed by atoms with van der Waals surface area (Å²) in [6.45, 7) is 0. The Hall–Kier alpha value is -6.64. The quantitative estimate of drug-likeness (QED) is 0.178. The lowest BCUT2D eigenvalue weighted by Gasteiger charge is -2.09. The van der Waals surface area contributed by atoms with Crippen molar-refractivity contribution in [1.29, 1.82) is 0 Å². The molecule has 7 heteroatoms. The number of rotatable bonds is 4. The molecule has 4 nitrogen and oxygen atoms in total. The molecule has 0 bridgehead atoms. The van der Waals surface area contributed by atoms with E-state index in [9.17, 15) is 0 Å². The number of benzene rings is 8. The fourth-order valence-electron chi connectivity index (χ4n) is 8.94. The summed E-state index contributed by atoms with van der Waals surface area (Å²) >= 11 is 5.17. The van der Waals surface area contributed by atoms with Crippen molar-refractivity contribution in [3.05, 3.63) is 170 Å². The highest BCUT2D eigenvalue weighted by molar-refractivity contribution is 7.26. The largest absolute Gasteiger partial charge is 0.309 e. The van der Waals surface area contributed by atoms with Gasteiger partial charge in [0.05, 0.1) is 22.1 Å². The van der Waals surface area contributed by atoms with Crippen molar-refractivity contribution in [2.24, 2.45) is 0 Å². The Morgan fingerprint density at radius 3 is 1.51 bits per heavy atom. The maximum atomic E-state index is 5.18. The molecule has 0 amide bonds. The van der Waals surface area contributed by atoms with E-state index in [1.807, 2.05) is 22.7 Å². The van der Waals surface area contributed by atoms with Crippen molar-refractivity contribution >= 4 is 118 Å². The first-order chi connectivity index (χ1) is 28.2. The Morgan fingerprint density at radius 1 is 0.351 bits per heavy atom. The van der Waals surface area contributed by atoms with Gasteiger partial charge in [-0.2, -0.15) is 4.37 Å². The molecule has 0 saturated heterocycles. The van der Waals surface area contributed by atoms with E-state index in [0.29, 0.717) is 0 Å². The summed E-state index contributed by atoms with van der Waals surface area (Å²) in [5.41, 5.74) is 9.11. The van der Waals surface area contributed by atoms with Gasteiger partial charge in [0, 0.05) is 84.4 Å². The van der Waals surface area contributed by atoms with Gasteiger partial charge in [-0.25, -0.2) is 4.98 Å². The lowest BCUT2D eigenvalue weighted by Crippen LogP contribution is -1.93. The number of hydrogen-bond donors (Lipinski definition) is 0. The number of para-hydroxylation sites is 2. The van der Waals surface area contributed by atoms with Crippen molar-refractivity contribution in [3.8, 4) is 33.3 Å². The molecule has 0 fully saturated rings. The summed E-state index contributed by atoms with van der Waals surface area (Å²) in [4.78, 5) is 5.18. The van der Waals surface area contributed by atoms with E-state index in [1.54, 1.807) is 0 Å². The third-order valence-electron chi connectivity index (χ3n) is 11.5. The molecule has 266 valence electrons. The zero-order valence-electron chi connectivity index (χ0n) is 30.2. The van der Waals surface area contributed by atoms with Gasteiger partial charge in [-0.15, -0.1) is 22.7 Å². The van der Waals surface area contributed by atoms with Crippen molar-refractivity contribution in [1.82, 2.24) is 18.5 Å². The van der Waals surface area contributed by atoms with Crippen molar-refractivity contribution in [2.75, 3.05) is 0 Å². The van der Waals surface area contributed by atoms with Crippen LogP contribution in [0.5, 0.6) is 0 Å². The molecule has 0 aliphatic carbocycles. The summed E-state index contributed by atoms with van der Waals surface area (Å²) in [5.74, 6) is 0.747. The van der Waals surface area contributed by atoms with Gasteiger partial charge >= 0.3 is 0 Å². The minimum atomic E-state index is 0.747. The molecule has 5 aromatic heterocycles. The van der Waals surface area contributed by atoms with Crippen molar-refractivity contribution in [2.45, 2.75) is 0 Å². The summed E-state index contributed by atoms with van der Waals surface area (Å²) in [5, 5.41) is 11.0. The molecule has 0 atom stereocenters. The Kier molecular flexibility index (Phi) is 6.60. The van der Waals surface area contributed by atoms with Crippen LogP contribution in [0.15, 0.2) is 170 Å². The maximum Gasteiger partial charge on any atom is 0.173 e. The van der Waals surface area contributed by atoms with Crippen LogP contribution in [0.3, 0.4) is 0 Å². The fourth-order valence-corrected chi connectivity index (χ4v) is 11.9. The second kappa shape index (κ2) is 11.9. The molecule has 0 unspecified atom stereocenters. The summed E-state index contributed by atoms with van der Waals surface area (Å²) < 4.78 is 15.0. The van der Waals surface area contributed by atoms with E-state index in [-0.39, 0.29) is 0 Å². The number of hydrogen-bond acceptors (Lipinski definition) is 5. The highest BCUT2D eigenvalue weighted by Crippen LogP contribution is 2.41. The first-order valence-corrected chi connectivity index (χ1v) is 21.4. The van der Waals surface area contributed by atoms with Crippen LogP contribution in [-0.4, -0.2) is 18.5 Å². The first-order valence-electron chi connectivity index (χ1n) is 19.0. The molecule has 0 aliphatic heterocycles. The third kappa shape index (κ3) is 4.65. The molecule has 5 heterocycles. The molecule has 0 aliphatic rings. The van der Waals surface area contributed by atoms with E-state index in [4.69, 9.17) is 9.36 Å². The van der Waals surface area contributed by atoms with E-state index in [1.165, 1.54) is 95.7 Å². The molecule has 0 saturated carbocycles. The van der Waals surface area contributed by atoms with Crippen molar-refractivity contribution in [3.63, 3.8) is 0 Å². The Balaban J connectivity index is 0.919. The second-order valence-corrected chi connectivity index (χ2v) is 17.6. The minimum Gasteiger partial charge on any atom is -0.309 e. The highest BCUT2D eigenvalue weighted by Gasteiger charge is 2.19. The van der Waals surface area contributed by atoms with Crippen LogP contribution >= 0.6 is 34.2 Å². The fraction of sp³-hybridized carbons (Fsp3) is 0. The molecule has 13 rings (SSSR count). The van der Waals surface area contributed by atoms with Crippen LogP contribution in [0.25, 0.3) is 117 Å². The lowest BCUT2D eigenvalue weighted by molar-refractivity contribution is 1.19. The zero-order valence-corrected chi connectivity index (χ0v) is 32.6. The van der Waals surface area contributed by atoms with Crippen LogP contribution in [0.4, 0.5) is 0 Å². The predicted molar refractivity (Wildman–Crippen MR) is 245 cm³/mol. The Labute approximate surface area is 337 Å². The molecule has 0 spiro atoms. The molecule has 0 radical (unpaired) electrons. The van der Waals surface area contributed by atoms with E-state index >= 15 is 0 Å². The predicted octanol–water partition coefficient (Wildman–Crippen LogP) is 14.8. The topological polar surface area (TPSA) is 35.6 Å². The van der Waals surface area contributed by atoms with E-state index in [2.05, 4.69) is 179 Å². The molecule has 57 heavy (non-hydrogen) atoms. The lowest BCUT2D eigenvalue weighted by atomic mass is 10.1. The molecular weight excluding hydrogens is 753 g/mol. The summed E-state index contributed by atoms with van der Waals surface area (Å²) in [7, 11) is 0. The van der Waals surface area contributed by atoms with Gasteiger partial charge in [0.1, 0.15) is 5.01 Å². The first kappa shape index (κ1) is 31.6. The average Bonchev–Trinajstić information content (AvgIpc) is 4.09. The summed E-state index contributed by atoms with van der Waals surface area (Å²) in [6.07, 6.45) is 0. The average molecular weight is 781 g/mol. The van der Waals surface area contributed by atoms with E-state index < -0.39 is 0 Å². The van der Waals surface area contributed by atoms with Gasteiger partial charge in [0.2, 0.25) is 0 Å². The molecule has 8 aromatic carbocycles. The smallest absolute Gasteiger partial charge is 0.173 e. The molecular formula is C50H28N4S3. The SMILES string of the molecule is c1ccc2c(c1)sc1cc(-n3c4ccccc4c4cc(-c5nsc(-c6ccc7c8ccccc8n(-c8ccc9c(c8)sc8ccccc89)c7c6)n5)ccc43)ccc12. The van der Waals surface area contributed by atoms with Crippen LogP contribution in [-0.2, 0) is 0 Å². The number of fused-ring (bicyclic) bond motifs is 12. The number of nitrogens with zero attached hydrogens (tertiary/aromatic N) is 4. The van der Waals surface area contributed by atoms with Crippen LogP contribution in [0, 0.1) is 0 Å². The van der Waals surface area contributed by atoms with Crippen molar-refractivity contribution < 1.29 is 0 Å².